The van der Waals surface area contributed by atoms with E-state index in [1.165, 1.54) is 10.4 Å². The van der Waals surface area contributed by atoms with Gasteiger partial charge in [-0.05, 0) is 36.4 Å². The number of piperazine rings is 1. The van der Waals surface area contributed by atoms with E-state index in [4.69, 9.17) is 23.2 Å². The Morgan fingerprint density at radius 2 is 1.79 bits per heavy atom. The van der Waals surface area contributed by atoms with Crippen molar-refractivity contribution < 1.29 is 17.6 Å². The highest BCUT2D eigenvalue weighted by atomic mass is 35.5. The summed E-state index contributed by atoms with van der Waals surface area (Å²) in [5.74, 6) is -0.797. The lowest BCUT2D eigenvalue weighted by Gasteiger charge is -2.33. The molecule has 0 aromatic heterocycles. The predicted molar refractivity (Wildman–Crippen MR) is 111 cm³/mol. The van der Waals surface area contributed by atoms with Crippen molar-refractivity contribution in [3.8, 4) is 0 Å². The minimum Gasteiger partial charge on any atom is -0.326 e. The SMILES string of the molecule is O=C(CCN1CCN(S(=O)(=O)c2ccc(F)c(Cl)c2)CC1)Nc1cccc(Cl)c1. The van der Waals surface area contributed by atoms with Gasteiger partial charge in [0.05, 0.1) is 9.92 Å². The van der Waals surface area contributed by atoms with E-state index in [1.807, 2.05) is 4.90 Å². The molecule has 1 aliphatic heterocycles. The molecule has 6 nitrogen and oxygen atoms in total. The maximum absolute atomic E-state index is 13.3. The van der Waals surface area contributed by atoms with Crippen LogP contribution in [0.2, 0.25) is 10.0 Å². The number of amides is 1. The van der Waals surface area contributed by atoms with E-state index in [0.29, 0.717) is 30.3 Å². The van der Waals surface area contributed by atoms with Gasteiger partial charge in [0.2, 0.25) is 15.9 Å². The molecular formula is C19H20Cl2FN3O3S. The first-order chi connectivity index (χ1) is 13.8. The molecule has 156 valence electrons. The van der Waals surface area contributed by atoms with Gasteiger partial charge < -0.3 is 10.2 Å². The van der Waals surface area contributed by atoms with E-state index in [9.17, 15) is 17.6 Å². The Morgan fingerprint density at radius 1 is 1.07 bits per heavy atom. The molecule has 2 aromatic carbocycles. The zero-order valence-electron chi connectivity index (χ0n) is 15.4. The normalized spacial score (nSPS) is 16.0. The van der Waals surface area contributed by atoms with Crippen molar-refractivity contribution in [2.45, 2.75) is 11.3 Å². The maximum Gasteiger partial charge on any atom is 0.243 e. The van der Waals surface area contributed by atoms with Crippen molar-refractivity contribution in [1.29, 1.82) is 0 Å². The third kappa shape index (κ3) is 5.67. The van der Waals surface area contributed by atoms with Crippen LogP contribution in [-0.4, -0.2) is 56.3 Å². The number of halogens is 3. The average Bonchev–Trinajstić information content (AvgIpc) is 2.69. The third-order valence-corrected chi connectivity index (χ3v) is 7.04. The van der Waals surface area contributed by atoms with Crippen LogP contribution >= 0.6 is 23.2 Å². The summed E-state index contributed by atoms with van der Waals surface area (Å²) in [7, 11) is -3.74. The molecular weight excluding hydrogens is 440 g/mol. The Morgan fingerprint density at radius 3 is 2.45 bits per heavy atom. The van der Waals surface area contributed by atoms with E-state index in [1.54, 1.807) is 24.3 Å². The predicted octanol–water partition coefficient (Wildman–Crippen LogP) is 3.47. The first-order valence-corrected chi connectivity index (χ1v) is 11.2. The Balaban J connectivity index is 1.50. The van der Waals surface area contributed by atoms with Crippen LogP contribution in [0.15, 0.2) is 47.4 Å². The summed E-state index contributed by atoms with van der Waals surface area (Å²) in [5.41, 5.74) is 0.636. The molecule has 1 saturated heterocycles. The van der Waals surface area contributed by atoms with Gasteiger partial charge in [-0.25, -0.2) is 12.8 Å². The van der Waals surface area contributed by atoms with Crippen molar-refractivity contribution >= 4 is 44.8 Å². The molecule has 29 heavy (non-hydrogen) atoms. The van der Waals surface area contributed by atoms with Gasteiger partial charge in [0.15, 0.2) is 0 Å². The molecule has 3 rings (SSSR count). The van der Waals surface area contributed by atoms with E-state index >= 15 is 0 Å². The molecule has 10 heteroatoms. The number of anilines is 1. The minimum atomic E-state index is -3.74. The van der Waals surface area contributed by atoms with Crippen LogP contribution in [0, 0.1) is 5.82 Å². The largest absolute Gasteiger partial charge is 0.326 e. The van der Waals surface area contributed by atoms with Gasteiger partial charge in [0.1, 0.15) is 5.82 Å². The summed E-state index contributed by atoms with van der Waals surface area (Å²) in [6, 6.07) is 10.3. The van der Waals surface area contributed by atoms with Gasteiger partial charge in [-0.15, -0.1) is 0 Å². The monoisotopic (exact) mass is 459 g/mol. The number of benzene rings is 2. The second-order valence-electron chi connectivity index (χ2n) is 6.63. The van der Waals surface area contributed by atoms with Crippen LogP contribution in [0.5, 0.6) is 0 Å². The van der Waals surface area contributed by atoms with Crippen molar-refractivity contribution in [1.82, 2.24) is 9.21 Å². The van der Waals surface area contributed by atoms with Crippen LogP contribution in [-0.2, 0) is 14.8 Å². The number of rotatable bonds is 6. The van der Waals surface area contributed by atoms with Crippen LogP contribution < -0.4 is 5.32 Å². The molecule has 0 spiro atoms. The fourth-order valence-corrected chi connectivity index (χ4v) is 4.91. The quantitative estimate of drug-likeness (QED) is 0.717. The molecule has 1 N–H and O–H groups in total. The molecule has 1 heterocycles. The molecule has 0 aliphatic carbocycles. The van der Waals surface area contributed by atoms with Gasteiger partial charge >= 0.3 is 0 Å². The first kappa shape index (κ1) is 22.0. The molecule has 0 atom stereocenters. The zero-order valence-corrected chi connectivity index (χ0v) is 17.8. The fraction of sp³-hybridized carbons (Fsp3) is 0.316. The molecule has 0 unspecified atom stereocenters. The number of sulfonamides is 1. The summed E-state index contributed by atoms with van der Waals surface area (Å²) in [5, 5.41) is 3.10. The van der Waals surface area contributed by atoms with Crippen molar-refractivity contribution in [2.24, 2.45) is 0 Å². The highest BCUT2D eigenvalue weighted by Gasteiger charge is 2.29. The highest BCUT2D eigenvalue weighted by Crippen LogP contribution is 2.23. The van der Waals surface area contributed by atoms with E-state index in [2.05, 4.69) is 5.32 Å². The number of hydrogen-bond donors (Lipinski definition) is 1. The summed E-state index contributed by atoms with van der Waals surface area (Å²) in [6.07, 6.45) is 0.285. The lowest BCUT2D eigenvalue weighted by molar-refractivity contribution is -0.116. The van der Waals surface area contributed by atoms with E-state index in [0.717, 1.165) is 12.1 Å². The van der Waals surface area contributed by atoms with Crippen molar-refractivity contribution in [3.05, 3.63) is 58.3 Å². The fourth-order valence-electron chi connectivity index (χ4n) is 3.03. The third-order valence-electron chi connectivity index (χ3n) is 4.62. The molecule has 0 radical (unpaired) electrons. The summed E-state index contributed by atoms with van der Waals surface area (Å²) >= 11 is 11.6. The molecule has 1 aliphatic rings. The van der Waals surface area contributed by atoms with Crippen LogP contribution in [0.4, 0.5) is 10.1 Å². The Kier molecular flexibility index (Phi) is 7.13. The zero-order chi connectivity index (χ0) is 21.0. The average molecular weight is 460 g/mol. The summed E-state index contributed by atoms with van der Waals surface area (Å²) in [6.45, 7) is 2.08. The Hall–Kier alpha value is -1.71. The van der Waals surface area contributed by atoms with Gasteiger partial charge in [0, 0.05) is 49.9 Å². The minimum absolute atomic E-state index is 0.0294. The molecule has 0 saturated carbocycles. The number of nitrogens with one attached hydrogen (secondary N) is 1. The number of nitrogens with zero attached hydrogens (tertiary/aromatic N) is 2. The standard InChI is InChI=1S/C19H20Cl2FN3O3S/c20-14-2-1-3-15(12-14)23-19(26)6-7-24-8-10-25(11-9-24)29(27,28)16-4-5-18(22)17(21)13-16/h1-5,12-13H,6-11H2,(H,23,26). The van der Waals surface area contributed by atoms with Gasteiger partial charge in [-0.1, -0.05) is 29.3 Å². The summed E-state index contributed by atoms with van der Waals surface area (Å²) < 4.78 is 40.1. The van der Waals surface area contributed by atoms with Gasteiger partial charge in [0.25, 0.3) is 0 Å². The first-order valence-electron chi connectivity index (χ1n) is 8.99. The van der Waals surface area contributed by atoms with E-state index in [-0.39, 0.29) is 35.3 Å². The van der Waals surface area contributed by atoms with Crippen LogP contribution in [0.25, 0.3) is 0 Å². The van der Waals surface area contributed by atoms with Crippen molar-refractivity contribution in [3.63, 3.8) is 0 Å². The Bertz CT molecular complexity index is 996. The molecule has 1 fully saturated rings. The number of carbonyl (C=O) groups excluding carboxylic acids is 1. The second-order valence-corrected chi connectivity index (χ2v) is 9.41. The smallest absolute Gasteiger partial charge is 0.243 e. The highest BCUT2D eigenvalue weighted by molar-refractivity contribution is 7.89. The number of hydrogen-bond acceptors (Lipinski definition) is 4. The van der Waals surface area contributed by atoms with Gasteiger partial charge in [-0.2, -0.15) is 4.31 Å². The Labute approximate surface area is 179 Å². The lowest BCUT2D eigenvalue weighted by Crippen LogP contribution is -2.49. The topological polar surface area (TPSA) is 69.7 Å². The van der Waals surface area contributed by atoms with Crippen LogP contribution in [0.3, 0.4) is 0 Å². The van der Waals surface area contributed by atoms with Gasteiger partial charge in [-0.3, -0.25) is 4.79 Å². The van der Waals surface area contributed by atoms with Crippen molar-refractivity contribution in [2.75, 3.05) is 38.0 Å². The molecule has 2 aromatic rings. The molecule has 0 bridgehead atoms. The molecule has 1 amide bonds. The van der Waals surface area contributed by atoms with E-state index < -0.39 is 15.8 Å². The van der Waals surface area contributed by atoms with Crippen LogP contribution in [0.1, 0.15) is 6.42 Å². The number of carbonyl (C=O) groups is 1. The summed E-state index contributed by atoms with van der Waals surface area (Å²) in [4.78, 5) is 14.1. The maximum atomic E-state index is 13.3. The lowest BCUT2D eigenvalue weighted by atomic mass is 10.3. The second kappa shape index (κ2) is 9.40.